The number of hydrogen-bond donors (Lipinski definition) is 2. The molecule has 3 heterocycles. The van der Waals surface area contributed by atoms with Gasteiger partial charge in [-0.25, -0.2) is 0 Å². The average Bonchev–Trinajstić information content (AvgIpc) is 3.46. The standard InChI is InChI=1S/C22H22N4O4S/c1-14-13-19(25-30-14)24-20(27)15-8-10-26(11-9-15)22(29)16-5-2-3-6-17(16)23-21(28)18-7-4-12-31-18/h2-7,12-13,15H,8-11H2,1H3,(H,23,28)(H,24,25,27). The third kappa shape index (κ3) is 4.83. The largest absolute Gasteiger partial charge is 0.360 e. The number of benzene rings is 1. The maximum absolute atomic E-state index is 13.1. The summed E-state index contributed by atoms with van der Waals surface area (Å²) in [4.78, 5) is 40.3. The lowest BCUT2D eigenvalue weighted by Gasteiger charge is -2.31. The highest BCUT2D eigenvalue weighted by atomic mass is 32.1. The molecule has 3 aromatic rings. The van der Waals surface area contributed by atoms with Gasteiger partial charge < -0.3 is 20.1 Å². The molecule has 0 atom stereocenters. The molecule has 1 aliphatic rings. The molecule has 160 valence electrons. The second-order valence-electron chi connectivity index (χ2n) is 7.36. The smallest absolute Gasteiger partial charge is 0.265 e. The number of hydrogen-bond acceptors (Lipinski definition) is 6. The third-order valence-electron chi connectivity index (χ3n) is 5.18. The van der Waals surface area contributed by atoms with Gasteiger partial charge in [0.1, 0.15) is 5.76 Å². The molecule has 0 spiro atoms. The van der Waals surface area contributed by atoms with Gasteiger partial charge in [-0.2, -0.15) is 0 Å². The summed E-state index contributed by atoms with van der Waals surface area (Å²) in [7, 11) is 0. The van der Waals surface area contributed by atoms with Gasteiger partial charge >= 0.3 is 0 Å². The van der Waals surface area contributed by atoms with Gasteiger partial charge in [-0.1, -0.05) is 23.4 Å². The van der Waals surface area contributed by atoms with Crippen LogP contribution in [0.1, 0.15) is 38.6 Å². The van der Waals surface area contributed by atoms with Gasteiger partial charge in [-0.3, -0.25) is 14.4 Å². The lowest BCUT2D eigenvalue weighted by Crippen LogP contribution is -2.41. The van der Waals surface area contributed by atoms with Crippen LogP contribution in [0.3, 0.4) is 0 Å². The van der Waals surface area contributed by atoms with Crippen LogP contribution >= 0.6 is 11.3 Å². The maximum Gasteiger partial charge on any atom is 0.265 e. The van der Waals surface area contributed by atoms with E-state index in [-0.39, 0.29) is 23.6 Å². The molecule has 8 nitrogen and oxygen atoms in total. The first-order valence-electron chi connectivity index (χ1n) is 9.98. The first kappa shape index (κ1) is 20.8. The van der Waals surface area contributed by atoms with Gasteiger partial charge in [0.2, 0.25) is 5.91 Å². The summed E-state index contributed by atoms with van der Waals surface area (Å²) in [5.41, 5.74) is 0.917. The fourth-order valence-electron chi connectivity index (χ4n) is 3.54. The number of thiophene rings is 1. The van der Waals surface area contributed by atoms with Crippen molar-refractivity contribution < 1.29 is 18.9 Å². The van der Waals surface area contributed by atoms with Crippen LogP contribution < -0.4 is 10.6 Å². The normalized spacial score (nSPS) is 14.3. The molecule has 1 aliphatic heterocycles. The molecule has 0 saturated carbocycles. The predicted octanol–water partition coefficient (Wildman–Crippen LogP) is 3.79. The topological polar surface area (TPSA) is 105 Å². The molecular weight excluding hydrogens is 416 g/mol. The predicted molar refractivity (Wildman–Crippen MR) is 117 cm³/mol. The number of piperidine rings is 1. The van der Waals surface area contributed by atoms with Crippen molar-refractivity contribution >= 4 is 40.6 Å². The molecule has 0 aliphatic carbocycles. The summed E-state index contributed by atoms with van der Waals surface area (Å²) < 4.78 is 4.97. The van der Waals surface area contributed by atoms with E-state index in [2.05, 4.69) is 15.8 Å². The Morgan fingerprint density at radius 1 is 1.10 bits per heavy atom. The minimum atomic E-state index is -0.242. The molecule has 2 aromatic heterocycles. The van der Waals surface area contributed by atoms with E-state index >= 15 is 0 Å². The van der Waals surface area contributed by atoms with Crippen molar-refractivity contribution in [3.63, 3.8) is 0 Å². The summed E-state index contributed by atoms with van der Waals surface area (Å²) in [6, 6.07) is 12.2. The van der Waals surface area contributed by atoms with Crippen LogP contribution in [0.4, 0.5) is 11.5 Å². The van der Waals surface area contributed by atoms with E-state index in [1.165, 1.54) is 11.3 Å². The number of aromatic nitrogens is 1. The Morgan fingerprint density at radius 2 is 1.87 bits per heavy atom. The average molecular weight is 439 g/mol. The first-order valence-corrected chi connectivity index (χ1v) is 10.9. The van der Waals surface area contributed by atoms with Crippen LogP contribution in [0.2, 0.25) is 0 Å². The van der Waals surface area contributed by atoms with Crippen molar-refractivity contribution in [3.05, 3.63) is 64.0 Å². The van der Waals surface area contributed by atoms with E-state index in [9.17, 15) is 14.4 Å². The zero-order valence-corrected chi connectivity index (χ0v) is 17.8. The number of amides is 3. The number of rotatable bonds is 5. The summed E-state index contributed by atoms with van der Waals surface area (Å²) in [6.45, 7) is 2.68. The number of para-hydroxylation sites is 1. The SMILES string of the molecule is Cc1cc(NC(=O)C2CCN(C(=O)c3ccccc3NC(=O)c3cccs3)CC2)no1. The summed E-state index contributed by atoms with van der Waals surface area (Å²) in [5, 5.41) is 11.2. The monoisotopic (exact) mass is 438 g/mol. The zero-order valence-electron chi connectivity index (χ0n) is 17.0. The van der Waals surface area contributed by atoms with Crippen molar-refractivity contribution in [2.75, 3.05) is 23.7 Å². The minimum absolute atomic E-state index is 0.121. The highest BCUT2D eigenvalue weighted by Gasteiger charge is 2.29. The second kappa shape index (κ2) is 9.13. The lowest BCUT2D eigenvalue weighted by molar-refractivity contribution is -0.121. The number of carbonyl (C=O) groups is 3. The molecule has 9 heteroatoms. The Bertz CT molecular complexity index is 1080. The lowest BCUT2D eigenvalue weighted by atomic mass is 9.95. The van der Waals surface area contributed by atoms with Crippen LogP contribution in [0.5, 0.6) is 0 Å². The van der Waals surface area contributed by atoms with E-state index in [1.807, 2.05) is 5.38 Å². The van der Waals surface area contributed by atoms with Gasteiger partial charge in [0.25, 0.3) is 11.8 Å². The first-order chi connectivity index (χ1) is 15.0. The van der Waals surface area contributed by atoms with Gasteiger partial charge in [0.15, 0.2) is 5.82 Å². The molecule has 31 heavy (non-hydrogen) atoms. The van der Waals surface area contributed by atoms with Crippen molar-refractivity contribution in [2.24, 2.45) is 5.92 Å². The fraction of sp³-hybridized carbons (Fsp3) is 0.273. The number of aryl methyl sites for hydroxylation is 1. The van der Waals surface area contributed by atoms with Crippen LogP contribution in [-0.4, -0.2) is 40.9 Å². The molecule has 0 bridgehead atoms. The molecule has 4 rings (SSSR count). The number of nitrogens with zero attached hydrogens (tertiary/aromatic N) is 2. The Hall–Kier alpha value is -3.46. The van der Waals surface area contributed by atoms with Crippen molar-refractivity contribution in [2.45, 2.75) is 19.8 Å². The quantitative estimate of drug-likeness (QED) is 0.631. The number of nitrogens with one attached hydrogen (secondary N) is 2. The van der Waals surface area contributed by atoms with Gasteiger partial charge in [0.05, 0.1) is 16.1 Å². The van der Waals surface area contributed by atoms with Gasteiger partial charge in [-0.05, 0) is 43.3 Å². The Labute approximate surface area is 183 Å². The number of likely N-dealkylation sites (tertiary alicyclic amines) is 1. The van der Waals surface area contributed by atoms with Crippen LogP contribution in [0.15, 0.2) is 52.4 Å². The summed E-state index contributed by atoms with van der Waals surface area (Å²) >= 11 is 1.34. The fourth-order valence-corrected chi connectivity index (χ4v) is 4.16. The third-order valence-corrected chi connectivity index (χ3v) is 6.05. The van der Waals surface area contributed by atoms with Gasteiger partial charge in [0, 0.05) is 25.1 Å². The van der Waals surface area contributed by atoms with Gasteiger partial charge in [-0.15, -0.1) is 11.3 Å². The molecule has 1 aromatic carbocycles. The van der Waals surface area contributed by atoms with Crippen molar-refractivity contribution in [1.82, 2.24) is 10.1 Å². The number of anilines is 2. The van der Waals surface area contributed by atoms with E-state index in [0.29, 0.717) is 53.6 Å². The van der Waals surface area contributed by atoms with E-state index in [4.69, 9.17) is 4.52 Å². The van der Waals surface area contributed by atoms with Crippen molar-refractivity contribution in [1.29, 1.82) is 0 Å². The molecule has 1 fully saturated rings. The van der Waals surface area contributed by atoms with Crippen molar-refractivity contribution in [3.8, 4) is 0 Å². The Morgan fingerprint density at radius 3 is 2.55 bits per heavy atom. The van der Waals surface area contributed by atoms with Crippen LogP contribution in [-0.2, 0) is 4.79 Å². The highest BCUT2D eigenvalue weighted by molar-refractivity contribution is 7.12. The van der Waals surface area contributed by atoms with E-state index < -0.39 is 0 Å². The molecule has 1 saturated heterocycles. The number of carbonyl (C=O) groups excluding carboxylic acids is 3. The minimum Gasteiger partial charge on any atom is -0.360 e. The molecule has 2 N–H and O–H groups in total. The van der Waals surface area contributed by atoms with Crippen LogP contribution in [0, 0.1) is 12.8 Å². The highest BCUT2D eigenvalue weighted by Crippen LogP contribution is 2.24. The molecule has 0 radical (unpaired) electrons. The van der Waals surface area contributed by atoms with E-state index in [0.717, 1.165) is 0 Å². The van der Waals surface area contributed by atoms with E-state index in [1.54, 1.807) is 54.3 Å². The summed E-state index contributed by atoms with van der Waals surface area (Å²) in [6.07, 6.45) is 1.11. The zero-order chi connectivity index (χ0) is 21.8. The molecular formula is C22H22N4O4S. The Kier molecular flexibility index (Phi) is 6.13. The maximum atomic E-state index is 13.1. The second-order valence-corrected chi connectivity index (χ2v) is 8.30. The Balaban J connectivity index is 1.37. The van der Waals surface area contributed by atoms with Crippen LogP contribution in [0.25, 0.3) is 0 Å². The molecule has 0 unspecified atom stereocenters. The summed E-state index contributed by atoms with van der Waals surface area (Å²) in [5.74, 6) is 0.303. The molecule has 3 amide bonds.